The van der Waals surface area contributed by atoms with Crippen molar-refractivity contribution in [3.8, 4) is 0 Å². The van der Waals surface area contributed by atoms with Crippen LogP contribution in [-0.4, -0.2) is 28.9 Å². The number of carbonyl (C=O) groups excluding carboxylic acids is 2. The minimum atomic E-state index is -0.821. The van der Waals surface area contributed by atoms with Gasteiger partial charge in [-0.05, 0) is 26.8 Å². The first-order chi connectivity index (χ1) is 9.25. The highest BCUT2D eigenvalue weighted by atomic mass is 19.1. The first-order valence-corrected chi connectivity index (χ1v) is 6.25. The molecule has 0 radical (unpaired) electrons. The van der Waals surface area contributed by atoms with Crippen LogP contribution in [0.4, 0.5) is 10.2 Å². The molecule has 0 aromatic carbocycles. The van der Waals surface area contributed by atoms with Gasteiger partial charge in [0.2, 0.25) is 5.91 Å². The third kappa shape index (κ3) is 4.49. The lowest BCUT2D eigenvalue weighted by molar-refractivity contribution is -0.119. The molecule has 0 saturated heterocycles. The Labute approximate surface area is 116 Å². The van der Waals surface area contributed by atoms with Crippen molar-refractivity contribution >= 4 is 17.6 Å². The molecule has 1 rings (SSSR count). The van der Waals surface area contributed by atoms with E-state index >= 15 is 0 Å². The fourth-order valence-corrected chi connectivity index (χ4v) is 1.78. The summed E-state index contributed by atoms with van der Waals surface area (Å²) in [7, 11) is 0. The average molecular weight is 282 g/mol. The van der Waals surface area contributed by atoms with E-state index in [-0.39, 0.29) is 12.0 Å². The van der Waals surface area contributed by atoms with E-state index in [4.69, 9.17) is 5.73 Å². The molecule has 7 heteroatoms. The van der Waals surface area contributed by atoms with E-state index in [9.17, 15) is 14.0 Å². The summed E-state index contributed by atoms with van der Waals surface area (Å²) in [6.07, 6.45) is 1.02. The number of hydrogen-bond donors (Lipinski definition) is 3. The molecule has 2 amide bonds. The second kappa shape index (κ2) is 6.31. The monoisotopic (exact) mass is 282 g/mol. The van der Waals surface area contributed by atoms with Gasteiger partial charge >= 0.3 is 0 Å². The SMILES string of the molecule is CCNc1ncc(F)cc1C(=O)NC(C)(C)CC(N)=O. The number of nitrogens with one attached hydrogen (secondary N) is 2. The molecular formula is C13H19FN4O2. The topological polar surface area (TPSA) is 97.1 Å². The van der Waals surface area contributed by atoms with Crippen molar-refractivity contribution < 1.29 is 14.0 Å². The molecule has 0 aliphatic rings. The van der Waals surface area contributed by atoms with Gasteiger partial charge in [0, 0.05) is 18.5 Å². The summed E-state index contributed by atoms with van der Waals surface area (Å²) in [6.45, 7) is 5.71. The van der Waals surface area contributed by atoms with Crippen LogP contribution >= 0.6 is 0 Å². The number of amides is 2. The number of halogens is 1. The van der Waals surface area contributed by atoms with Gasteiger partial charge in [-0.2, -0.15) is 0 Å². The highest BCUT2D eigenvalue weighted by Gasteiger charge is 2.25. The van der Waals surface area contributed by atoms with Crippen molar-refractivity contribution in [2.75, 3.05) is 11.9 Å². The van der Waals surface area contributed by atoms with Crippen LogP contribution in [0.3, 0.4) is 0 Å². The quantitative estimate of drug-likeness (QED) is 0.726. The molecule has 0 aliphatic heterocycles. The van der Waals surface area contributed by atoms with Gasteiger partial charge in [-0.1, -0.05) is 0 Å². The highest BCUT2D eigenvalue weighted by Crippen LogP contribution is 2.16. The zero-order valence-electron chi connectivity index (χ0n) is 11.8. The van der Waals surface area contributed by atoms with Crippen LogP contribution in [0.1, 0.15) is 37.6 Å². The van der Waals surface area contributed by atoms with Crippen LogP contribution in [-0.2, 0) is 4.79 Å². The number of rotatable bonds is 6. The van der Waals surface area contributed by atoms with Crippen LogP contribution in [0.15, 0.2) is 12.3 Å². The number of nitrogens with zero attached hydrogens (tertiary/aromatic N) is 1. The van der Waals surface area contributed by atoms with Crippen molar-refractivity contribution in [3.05, 3.63) is 23.6 Å². The number of pyridine rings is 1. The van der Waals surface area contributed by atoms with Gasteiger partial charge in [0.15, 0.2) is 0 Å². The fourth-order valence-electron chi connectivity index (χ4n) is 1.78. The summed E-state index contributed by atoms with van der Waals surface area (Å²) in [5.41, 5.74) is 4.39. The van der Waals surface area contributed by atoms with Crippen molar-refractivity contribution in [2.24, 2.45) is 5.73 Å². The summed E-state index contributed by atoms with van der Waals surface area (Å²) in [6, 6.07) is 1.10. The van der Waals surface area contributed by atoms with Crippen LogP contribution in [0.25, 0.3) is 0 Å². The Morgan fingerprint density at radius 3 is 2.65 bits per heavy atom. The molecule has 0 bridgehead atoms. The van der Waals surface area contributed by atoms with E-state index in [0.29, 0.717) is 12.4 Å². The van der Waals surface area contributed by atoms with Crippen molar-refractivity contribution in [1.82, 2.24) is 10.3 Å². The van der Waals surface area contributed by atoms with E-state index in [1.165, 1.54) is 0 Å². The van der Waals surface area contributed by atoms with Gasteiger partial charge in [0.05, 0.1) is 11.8 Å². The lowest BCUT2D eigenvalue weighted by Crippen LogP contribution is -2.46. The van der Waals surface area contributed by atoms with Crippen molar-refractivity contribution in [1.29, 1.82) is 0 Å². The molecule has 0 fully saturated rings. The Morgan fingerprint density at radius 2 is 2.10 bits per heavy atom. The first-order valence-electron chi connectivity index (χ1n) is 6.25. The lowest BCUT2D eigenvalue weighted by Gasteiger charge is -2.25. The summed E-state index contributed by atoms with van der Waals surface area (Å²) >= 11 is 0. The third-order valence-corrected chi connectivity index (χ3v) is 2.51. The van der Waals surface area contributed by atoms with Crippen LogP contribution in [0.5, 0.6) is 0 Å². The zero-order chi connectivity index (χ0) is 15.3. The summed E-state index contributed by atoms with van der Waals surface area (Å²) < 4.78 is 13.2. The minimum Gasteiger partial charge on any atom is -0.370 e. The van der Waals surface area contributed by atoms with Crippen LogP contribution in [0.2, 0.25) is 0 Å². The second-order valence-electron chi connectivity index (χ2n) is 5.06. The van der Waals surface area contributed by atoms with Crippen molar-refractivity contribution in [3.63, 3.8) is 0 Å². The van der Waals surface area contributed by atoms with Gasteiger partial charge in [-0.15, -0.1) is 0 Å². The van der Waals surface area contributed by atoms with Crippen LogP contribution < -0.4 is 16.4 Å². The molecule has 1 heterocycles. The minimum absolute atomic E-state index is 0.0158. The van der Waals surface area contributed by atoms with Gasteiger partial charge in [-0.3, -0.25) is 9.59 Å². The Hall–Kier alpha value is -2.18. The summed E-state index contributed by atoms with van der Waals surface area (Å²) in [5.74, 6) is -1.36. The predicted molar refractivity (Wildman–Crippen MR) is 73.7 cm³/mol. The molecular weight excluding hydrogens is 263 g/mol. The Balaban J connectivity index is 2.96. The largest absolute Gasteiger partial charge is 0.370 e. The smallest absolute Gasteiger partial charge is 0.255 e. The van der Waals surface area contributed by atoms with Gasteiger partial charge < -0.3 is 16.4 Å². The number of nitrogens with two attached hydrogens (primary N) is 1. The maximum absolute atomic E-state index is 13.2. The summed E-state index contributed by atoms with van der Waals surface area (Å²) in [5, 5.41) is 5.52. The van der Waals surface area contributed by atoms with E-state index in [2.05, 4.69) is 15.6 Å². The number of primary amides is 1. The molecule has 0 spiro atoms. The third-order valence-electron chi connectivity index (χ3n) is 2.51. The van der Waals surface area contributed by atoms with E-state index in [0.717, 1.165) is 12.3 Å². The maximum Gasteiger partial charge on any atom is 0.255 e. The number of hydrogen-bond acceptors (Lipinski definition) is 4. The molecule has 0 atom stereocenters. The Kier molecular flexibility index (Phi) is 5.01. The molecule has 20 heavy (non-hydrogen) atoms. The molecule has 0 aliphatic carbocycles. The fraction of sp³-hybridized carbons (Fsp3) is 0.462. The highest BCUT2D eigenvalue weighted by molar-refractivity contribution is 5.99. The Bertz CT molecular complexity index is 517. The van der Waals surface area contributed by atoms with Crippen molar-refractivity contribution in [2.45, 2.75) is 32.7 Å². The molecule has 4 N–H and O–H groups in total. The molecule has 1 aromatic rings. The summed E-state index contributed by atoms with van der Waals surface area (Å²) in [4.78, 5) is 27.0. The molecule has 6 nitrogen and oxygen atoms in total. The zero-order valence-corrected chi connectivity index (χ0v) is 11.8. The Morgan fingerprint density at radius 1 is 1.45 bits per heavy atom. The van der Waals surface area contributed by atoms with E-state index < -0.39 is 23.2 Å². The predicted octanol–water partition coefficient (Wildman–Crippen LogP) is 1.04. The molecule has 1 aromatic heterocycles. The lowest BCUT2D eigenvalue weighted by atomic mass is 9.99. The molecule has 110 valence electrons. The average Bonchev–Trinajstić information content (AvgIpc) is 2.29. The van der Waals surface area contributed by atoms with Gasteiger partial charge in [0.25, 0.3) is 5.91 Å². The van der Waals surface area contributed by atoms with E-state index in [1.807, 2.05) is 6.92 Å². The second-order valence-corrected chi connectivity index (χ2v) is 5.06. The maximum atomic E-state index is 13.2. The number of carbonyl (C=O) groups is 2. The van der Waals surface area contributed by atoms with Gasteiger partial charge in [0.1, 0.15) is 11.6 Å². The molecule has 0 unspecified atom stereocenters. The van der Waals surface area contributed by atoms with Gasteiger partial charge in [-0.25, -0.2) is 9.37 Å². The van der Waals surface area contributed by atoms with Crippen LogP contribution in [0, 0.1) is 5.82 Å². The van der Waals surface area contributed by atoms with E-state index in [1.54, 1.807) is 13.8 Å². The number of aromatic nitrogens is 1. The standard InChI is InChI=1S/C13H19FN4O2/c1-4-16-11-9(5-8(14)7-17-11)12(20)18-13(2,3)6-10(15)19/h5,7H,4,6H2,1-3H3,(H2,15,19)(H,16,17)(H,18,20). The first kappa shape index (κ1) is 15.9. The number of anilines is 1. The normalized spacial score (nSPS) is 11.0. The molecule has 0 saturated carbocycles.